The zero-order valence-electron chi connectivity index (χ0n) is 8.98. The number of hydrogen-bond donors (Lipinski definition) is 2. The summed E-state index contributed by atoms with van der Waals surface area (Å²) in [4.78, 5) is 4.39. The molecule has 0 spiro atoms. The number of pyridine rings is 1. The first kappa shape index (κ1) is 9.60. The quantitative estimate of drug-likeness (QED) is 0.824. The van der Waals surface area contributed by atoms with Crippen molar-refractivity contribution in [3.63, 3.8) is 0 Å². The van der Waals surface area contributed by atoms with Gasteiger partial charge in [0.15, 0.2) is 0 Å². The molecule has 0 unspecified atom stereocenters. The van der Waals surface area contributed by atoms with Crippen LogP contribution in [0.4, 0.5) is 5.69 Å². The molecule has 1 aromatic heterocycles. The van der Waals surface area contributed by atoms with E-state index in [1.807, 2.05) is 24.3 Å². The van der Waals surface area contributed by atoms with E-state index in [1.165, 1.54) is 12.8 Å². The molecule has 3 rings (SSSR count). The average molecular weight is 214 g/mol. The summed E-state index contributed by atoms with van der Waals surface area (Å²) in [5, 5.41) is 13.8. The third-order valence-corrected chi connectivity index (χ3v) is 2.87. The zero-order valence-corrected chi connectivity index (χ0v) is 8.98. The highest BCUT2D eigenvalue weighted by molar-refractivity contribution is 5.91. The Kier molecular flexibility index (Phi) is 2.26. The van der Waals surface area contributed by atoms with Crippen LogP contribution < -0.4 is 5.32 Å². The number of nitrogens with one attached hydrogen (secondary N) is 1. The van der Waals surface area contributed by atoms with Gasteiger partial charge < -0.3 is 10.4 Å². The Morgan fingerprint density at radius 3 is 2.88 bits per heavy atom. The van der Waals surface area contributed by atoms with E-state index in [2.05, 4.69) is 16.4 Å². The number of anilines is 1. The van der Waals surface area contributed by atoms with Gasteiger partial charge in [-0.25, -0.2) is 0 Å². The lowest BCUT2D eigenvalue weighted by atomic mass is 10.1. The van der Waals surface area contributed by atoms with Crippen LogP contribution >= 0.6 is 0 Å². The number of fused-ring (bicyclic) bond motifs is 1. The molecule has 3 heteroatoms. The maximum Gasteiger partial charge on any atom is 0.0854 e. The maximum absolute atomic E-state index is 9.18. The smallest absolute Gasteiger partial charge is 0.0854 e. The minimum absolute atomic E-state index is 0.00974. The lowest BCUT2D eigenvalue weighted by molar-refractivity contribution is 0.277. The normalized spacial score (nSPS) is 15.3. The van der Waals surface area contributed by atoms with Crippen LogP contribution in [0.15, 0.2) is 30.3 Å². The van der Waals surface area contributed by atoms with Crippen LogP contribution in [0.5, 0.6) is 0 Å². The molecule has 0 radical (unpaired) electrons. The van der Waals surface area contributed by atoms with Gasteiger partial charge in [0.05, 0.1) is 17.8 Å². The molecule has 1 aliphatic rings. The van der Waals surface area contributed by atoms with Crippen LogP contribution in [-0.4, -0.2) is 16.1 Å². The lowest BCUT2D eigenvalue weighted by Gasteiger charge is -2.10. The van der Waals surface area contributed by atoms with Gasteiger partial charge in [-0.3, -0.25) is 4.98 Å². The van der Waals surface area contributed by atoms with Crippen molar-refractivity contribution in [3.8, 4) is 0 Å². The van der Waals surface area contributed by atoms with Crippen molar-refractivity contribution in [1.29, 1.82) is 0 Å². The molecule has 3 nitrogen and oxygen atoms in total. The summed E-state index contributed by atoms with van der Waals surface area (Å²) in [6.07, 6.45) is 2.48. The van der Waals surface area contributed by atoms with E-state index in [4.69, 9.17) is 0 Å². The Bertz CT molecular complexity index is 520. The number of aliphatic hydroxyl groups is 1. The fourth-order valence-electron chi connectivity index (χ4n) is 1.88. The van der Waals surface area contributed by atoms with Crippen LogP contribution in [0.3, 0.4) is 0 Å². The summed E-state index contributed by atoms with van der Waals surface area (Å²) in [7, 11) is 0. The predicted molar refractivity (Wildman–Crippen MR) is 64.3 cm³/mol. The molecule has 0 atom stereocenters. The van der Waals surface area contributed by atoms with Gasteiger partial charge in [-0.2, -0.15) is 0 Å². The van der Waals surface area contributed by atoms with Crippen molar-refractivity contribution in [2.45, 2.75) is 25.5 Å². The second-order valence-electron chi connectivity index (χ2n) is 4.26. The van der Waals surface area contributed by atoms with Crippen molar-refractivity contribution in [1.82, 2.24) is 4.98 Å². The van der Waals surface area contributed by atoms with Crippen LogP contribution in [-0.2, 0) is 6.61 Å². The molecule has 1 aromatic carbocycles. The Labute approximate surface area is 94.1 Å². The highest BCUT2D eigenvalue weighted by atomic mass is 16.3. The SMILES string of the molecule is OCc1cc(NC2CC2)c2ccccc2n1. The largest absolute Gasteiger partial charge is 0.390 e. The number of aromatic nitrogens is 1. The van der Waals surface area contributed by atoms with Gasteiger partial charge in [0, 0.05) is 17.1 Å². The maximum atomic E-state index is 9.18. The second kappa shape index (κ2) is 3.76. The number of benzene rings is 1. The van der Waals surface area contributed by atoms with Crippen molar-refractivity contribution >= 4 is 16.6 Å². The van der Waals surface area contributed by atoms with Crippen LogP contribution in [0.1, 0.15) is 18.5 Å². The Morgan fingerprint density at radius 2 is 2.12 bits per heavy atom. The summed E-state index contributed by atoms with van der Waals surface area (Å²) in [5.41, 5.74) is 2.76. The van der Waals surface area contributed by atoms with E-state index in [0.29, 0.717) is 6.04 Å². The van der Waals surface area contributed by atoms with Crippen molar-refractivity contribution in [2.75, 3.05) is 5.32 Å². The van der Waals surface area contributed by atoms with Gasteiger partial charge in [0.2, 0.25) is 0 Å². The Balaban J connectivity index is 2.13. The van der Waals surface area contributed by atoms with Gasteiger partial charge in [-0.15, -0.1) is 0 Å². The summed E-state index contributed by atoms with van der Waals surface area (Å²) in [6, 6.07) is 10.6. The van der Waals surface area contributed by atoms with E-state index in [1.54, 1.807) is 0 Å². The van der Waals surface area contributed by atoms with E-state index in [0.717, 1.165) is 22.3 Å². The molecule has 2 N–H and O–H groups in total. The monoisotopic (exact) mass is 214 g/mol. The molecule has 82 valence electrons. The third kappa shape index (κ3) is 1.74. The molecule has 1 heterocycles. The molecule has 16 heavy (non-hydrogen) atoms. The summed E-state index contributed by atoms with van der Waals surface area (Å²) >= 11 is 0. The minimum atomic E-state index is -0.00974. The first-order valence-electron chi connectivity index (χ1n) is 5.63. The van der Waals surface area contributed by atoms with Gasteiger partial charge in [-0.05, 0) is 25.0 Å². The number of nitrogens with zero attached hydrogens (tertiary/aromatic N) is 1. The Morgan fingerprint density at radius 1 is 1.31 bits per heavy atom. The van der Waals surface area contributed by atoms with Gasteiger partial charge in [0.1, 0.15) is 0 Å². The van der Waals surface area contributed by atoms with Gasteiger partial charge >= 0.3 is 0 Å². The molecule has 0 amide bonds. The van der Waals surface area contributed by atoms with E-state index in [9.17, 15) is 5.11 Å². The molecule has 1 aliphatic carbocycles. The van der Waals surface area contributed by atoms with E-state index < -0.39 is 0 Å². The molecular weight excluding hydrogens is 200 g/mol. The number of para-hydroxylation sites is 1. The van der Waals surface area contributed by atoms with Crippen molar-refractivity contribution < 1.29 is 5.11 Å². The fourth-order valence-corrected chi connectivity index (χ4v) is 1.88. The highest BCUT2D eigenvalue weighted by Crippen LogP contribution is 2.29. The molecule has 0 saturated heterocycles. The van der Waals surface area contributed by atoms with Crippen molar-refractivity contribution in [3.05, 3.63) is 36.0 Å². The highest BCUT2D eigenvalue weighted by Gasteiger charge is 2.21. The molecule has 0 bridgehead atoms. The summed E-state index contributed by atoms with van der Waals surface area (Å²) in [5.74, 6) is 0. The summed E-state index contributed by atoms with van der Waals surface area (Å²) in [6.45, 7) is -0.00974. The molecular formula is C13H14N2O. The lowest BCUT2D eigenvalue weighted by Crippen LogP contribution is -2.03. The van der Waals surface area contributed by atoms with E-state index >= 15 is 0 Å². The standard InChI is InChI=1S/C13H14N2O/c16-8-10-7-13(14-9-5-6-9)11-3-1-2-4-12(11)15-10/h1-4,7,9,16H,5-6,8H2,(H,14,15). The van der Waals surface area contributed by atoms with Crippen molar-refractivity contribution in [2.24, 2.45) is 0 Å². The first-order valence-corrected chi connectivity index (χ1v) is 5.63. The zero-order chi connectivity index (χ0) is 11.0. The van der Waals surface area contributed by atoms with Gasteiger partial charge in [-0.1, -0.05) is 18.2 Å². The molecule has 1 fully saturated rings. The number of rotatable bonds is 3. The second-order valence-corrected chi connectivity index (χ2v) is 4.26. The Hall–Kier alpha value is -1.61. The fraction of sp³-hybridized carbons (Fsp3) is 0.308. The average Bonchev–Trinajstić information content (AvgIpc) is 3.13. The first-order chi connectivity index (χ1) is 7.86. The predicted octanol–water partition coefficient (Wildman–Crippen LogP) is 2.30. The number of aliphatic hydroxyl groups excluding tert-OH is 1. The third-order valence-electron chi connectivity index (χ3n) is 2.87. The van der Waals surface area contributed by atoms with Crippen LogP contribution in [0, 0.1) is 0 Å². The molecule has 0 aliphatic heterocycles. The minimum Gasteiger partial charge on any atom is -0.390 e. The van der Waals surface area contributed by atoms with Crippen LogP contribution in [0.25, 0.3) is 10.9 Å². The van der Waals surface area contributed by atoms with Crippen LogP contribution in [0.2, 0.25) is 0 Å². The number of hydrogen-bond acceptors (Lipinski definition) is 3. The molecule has 2 aromatic rings. The topological polar surface area (TPSA) is 45.1 Å². The molecule has 1 saturated carbocycles. The van der Waals surface area contributed by atoms with E-state index in [-0.39, 0.29) is 6.61 Å². The van der Waals surface area contributed by atoms with Gasteiger partial charge in [0.25, 0.3) is 0 Å². The summed E-state index contributed by atoms with van der Waals surface area (Å²) < 4.78 is 0.